The molecule has 2 aliphatic heterocycles. The number of hydrogen-bond donors (Lipinski definition) is 2. The monoisotopic (exact) mass is 521 g/mol. The Kier molecular flexibility index (Phi) is 8.55. The van der Waals surface area contributed by atoms with E-state index in [0.29, 0.717) is 6.42 Å². The molecule has 0 aliphatic carbocycles. The number of aromatic nitrogens is 1. The first-order chi connectivity index (χ1) is 16.6. The van der Waals surface area contributed by atoms with E-state index in [1.807, 2.05) is 39.2 Å². The molecule has 0 saturated carbocycles. The molecule has 2 saturated heterocycles. The molecule has 7 atom stereocenters. The highest BCUT2D eigenvalue weighted by Gasteiger charge is 2.55. The van der Waals surface area contributed by atoms with Gasteiger partial charge in [-0.15, -0.1) is 11.3 Å². The molecular formula is C28H43NO6S. The summed E-state index contributed by atoms with van der Waals surface area (Å²) in [7, 11) is 0. The number of hydrogen-bond acceptors (Lipinski definition) is 8. The Morgan fingerprint density at radius 3 is 2.47 bits per heavy atom. The van der Waals surface area contributed by atoms with Gasteiger partial charge in [0.05, 0.1) is 46.5 Å². The summed E-state index contributed by atoms with van der Waals surface area (Å²) in [4.78, 5) is 30.9. The van der Waals surface area contributed by atoms with Crippen molar-refractivity contribution in [2.75, 3.05) is 0 Å². The minimum Gasteiger partial charge on any atom is -0.455 e. The fourth-order valence-corrected chi connectivity index (χ4v) is 5.85. The fourth-order valence-electron chi connectivity index (χ4n) is 5.28. The SMILES string of the molecule is C/C(=C\c1csc(C)n1)C1(C)CC2OC2(C)CCCC(C)C(O)C(C)C(=O)C(C)(C)C(O)CC(=O)O1. The van der Waals surface area contributed by atoms with Gasteiger partial charge in [0.1, 0.15) is 11.4 Å². The maximum Gasteiger partial charge on any atom is 0.309 e. The van der Waals surface area contributed by atoms with Crippen LogP contribution >= 0.6 is 11.3 Å². The van der Waals surface area contributed by atoms with Crippen molar-refractivity contribution in [1.29, 1.82) is 0 Å². The summed E-state index contributed by atoms with van der Waals surface area (Å²) in [5.74, 6) is -1.58. The number of ketones is 1. The number of carbonyl (C=O) groups excluding carboxylic acids is 2. The molecule has 3 rings (SSSR count). The number of ether oxygens (including phenoxy) is 2. The first kappa shape index (κ1) is 29.0. The van der Waals surface area contributed by atoms with Crippen LogP contribution in [0.3, 0.4) is 0 Å². The van der Waals surface area contributed by atoms with Gasteiger partial charge >= 0.3 is 5.97 Å². The van der Waals surface area contributed by atoms with Crippen LogP contribution in [-0.4, -0.2) is 56.5 Å². The van der Waals surface area contributed by atoms with Gasteiger partial charge in [0.2, 0.25) is 0 Å². The fraction of sp³-hybridized carbons (Fsp3) is 0.750. The molecule has 0 spiro atoms. The molecule has 7 nitrogen and oxygen atoms in total. The van der Waals surface area contributed by atoms with Crippen molar-refractivity contribution < 1.29 is 29.3 Å². The number of aliphatic hydroxyl groups excluding tert-OH is 2. The summed E-state index contributed by atoms with van der Waals surface area (Å²) in [6, 6.07) is 0. The van der Waals surface area contributed by atoms with Crippen LogP contribution in [0.2, 0.25) is 0 Å². The second-order valence-electron chi connectivity index (χ2n) is 11.9. The molecule has 3 heterocycles. The summed E-state index contributed by atoms with van der Waals surface area (Å²) >= 11 is 1.56. The number of nitrogens with zero attached hydrogens (tertiary/aromatic N) is 1. The van der Waals surface area contributed by atoms with E-state index in [4.69, 9.17) is 9.47 Å². The van der Waals surface area contributed by atoms with Crippen LogP contribution in [0.25, 0.3) is 6.08 Å². The first-order valence-electron chi connectivity index (χ1n) is 13.0. The quantitative estimate of drug-likeness (QED) is 0.422. The third-order valence-corrected chi connectivity index (χ3v) is 9.25. The van der Waals surface area contributed by atoms with Gasteiger partial charge in [-0.3, -0.25) is 9.59 Å². The Balaban J connectivity index is 1.91. The van der Waals surface area contributed by atoms with Crippen molar-refractivity contribution in [3.05, 3.63) is 21.7 Å². The molecule has 0 amide bonds. The van der Waals surface area contributed by atoms with Gasteiger partial charge in [-0.25, -0.2) is 4.98 Å². The Labute approximate surface area is 219 Å². The molecule has 1 aromatic heterocycles. The van der Waals surface area contributed by atoms with Gasteiger partial charge in [0.15, 0.2) is 0 Å². The molecule has 2 fully saturated rings. The molecule has 0 aromatic carbocycles. The number of aliphatic hydroxyl groups is 2. The molecule has 36 heavy (non-hydrogen) atoms. The maximum atomic E-state index is 13.3. The van der Waals surface area contributed by atoms with Gasteiger partial charge in [0.25, 0.3) is 0 Å². The molecule has 8 heteroatoms. The summed E-state index contributed by atoms with van der Waals surface area (Å²) in [5.41, 5.74) is -0.843. The number of esters is 1. The van der Waals surface area contributed by atoms with E-state index in [9.17, 15) is 19.8 Å². The highest BCUT2D eigenvalue weighted by molar-refractivity contribution is 7.09. The van der Waals surface area contributed by atoms with Crippen LogP contribution in [0.4, 0.5) is 0 Å². The molecule has 2 N–H and O–H groups in total. The predicted molar refractivity (Wildman–Crippen MR) is 140 cm³/mol. The lowest BCUT2D eigenvalue weighted by atomic mass is 9.73. The Morgan fingerprint density at radius 2 is 1.86 bits per heavy atom. The molecule has 2 aliphatic rings. The van der Waals surface area contributed by atoms with Crippen molar-refractivity contribution >= 4 is 29.2 Å². The van der Waals surface area contributed by atoms with Crippen LogP contribution in [-0.2, 0) is 19.1 Å². The number of rotatable bonds is 2. The normalized spacial score (nSPS) is 38.8. The summed E-state index contributed by atoms with van der Waals surface area (Å²) < 4.78 is 12.2. The molecule has 202 valence electrons. The van der Waals surface area contributed by atoms with Crippen molar-refractivity contribution in [3.8, 4) is 0 Å². The van der Waals surface area contributed by atoms with Crippen molar-refractivity contribution in [1.82, 2.24) is 4.98 Å². The summed E-state index contributed by atoms with van der Waals surface area (Å²) in [6.07, 6.45) is 2.38. The van der Waals surface area contributed by atoms with E-state index in [-0.39, 0.29) is 29.8 Å². The molecule has 0 radical (unpaired) electrons. The van der Waals surface area contributed by atoms with Gasteiger partial charge in [-0.2, -0.15) is 0 Å². The highest BCUT2D eigenvalue weighted by Crippen LogP contribution is 2.47. The standard InChI is InChI=1S/C28H43NO6S/c1-16-10-9-11-27(7)22(34-27)14-28(8,17(2)12-20-15-36-19(4)29-20)35-23(31)13-21(30)26(5,6)25(33)18(3)24(16)32/h12,15-16,18,21-22,24,30,32H,9-11,13-14H2,1-8H3/b17-12+. The van der Waals surface area contributed by atoms with E-state index in [2.05, 4.69) is 11.9 Å². The zero-order valence-corrected chi connectivity index (χ0v) is 23.8. The predicted octanol–water partition coefficient (Wildman–Crippen LogP) is 4.87. The second kappa shape index (κ2) is 10.6. The zero-order valence-electron chi connectivity index (χ0n) is 23.0. The number of fused-ring (bicyclic) bond motifs is 1. The van der Waals surface area contributed by atoms with E-state index in [1.165, 1.54) is 0 Å². The lowest BCUT2D eigenvalue weighted by molar-refractivity contribution is -0.161. The van der Waals surface area contributed by atoms with Crippen LogP contribution in [0.15, 0.2) is 11.0 Å². The van der Waals surface area contributed by atoms with E-state index >= 15 is 0 Å². The average Bonchev–Trinajstić information content (AvgIpc) is 3.21. The van der Waals surface area contributed by atoms with Crippen molar-refractivity contribution in [2.45, 2.75) is 117 Å². The number of cyclic esters (lactones) is 1. The van der Waals surface area contributed by atoms with Crippen LogP contribution in [0.5, 0.6) is 0 Å². The van der Waals surface area contributed by atoms with Gasteiger partial charge in [-0.1, -0.05) is 34.1 Å². The highest BCUT2D eigenvalue weighted by atomic mass is 32.1. The molecular weight excluding hydrogens is 478 g/mol. The van der Waals surface area contributed by atoms with Gasteiger partial charge < -0.3 is 19.7 Å². The number of aryl methyl sites for hydroxylation is 1. The Morgan fingerprint density at radius 1 is 1.19 bits per heavy atom. The smallest absolute Gasteiger partial charge is 0.309 e. The lowest BCUT2D eigenvalue weighted by Gasteiger charge is -2.36. The number of thiazole rings is 1. The van der Waals surface area contributed by atoms with E-state index in [1.54, 1.807) is 32.1 Å². The third-order valence-electron chi connectivity index (χ3n) is 8.45. The Bertz CT molecular complexity index is 1000. The topological polar surface area (TPSA) is 109 Å². The zero-order chi connectivity index (χ0) is 27.1. The van der Waals surface area contributed by atoms with Crippen LogP contribution in [0.1, 0.15) is 91.3 Å². The van der Waals surface area contributed by atoms with Crippen LogP contribution in [0, 0.1) is 24.2 Å². The van der Waals surface area contributed by atoms with Crippen LogP contribution < -0.4 is 0 Å². The van der Waals surface area contributed by atoms with Crippen molar-refractivity contribution in [3.63, 3.8) is 0 Å². The number of carbonyl (C=O) groups is 2. The second-order valence-corrected chi connectivity index (χ2v) is 13.0. The molecule has 7 unspecified atom stereocenters. The Hall–Kier alpha value is -1.61. The average molecular weight is 522 g/mol. The summed E-state index contributed by atoms with van der Waals surface area (Å²) in [5, 5.41) is 24.7. The summed E-state index contributed by atoms with van der Waals surface area (Å²) in [6.45, 7) is 14.7. The minimum atomic E-state index is -1.24. The van der Waals surface area contributed by atoms with E-state index < -0.39 is 35.1 Å². The van der Waals surface area contributed by atoms with Crippen molar-refractivity contribution in [2.24, 2.45) is 17.3 Å². The van der Waals surface area contributed by atoms with E-state index in [0.717, 1.165) is 35.5 Å². The number of Topliss-reactive ketones (excluding diaryl/α,β-unsaturated/α-hetero) is 1. The largest absolute Gasteiger partial charge is 0.455 e. The minimum absolute atomic E-state index is 0.0763. The third kappa shape index (κ3) is 6.26. The first-order valence-corrected chi connectivity index (χ1v) is 13.9. The lowest BCUT2D eigenvalue weighted by Crippen LogP contribution is -2.46. The van der Waals surface area contributed by atoms with Gasteiger partial charge in [0, 0.05) is 17.7 Å². The maximum absolute atomic E-state index is 13.3. The molecule has 1 aromatic rings. The van der Waals surface area contributed by atoms with Gasteiger partial charge in [-0.05, 0) is 58.1 Å². The number of epoxide rings is 1. The molecule has 0 bridgehead atoms.